The molecule has 1 aliphatic rings. The summed E-state index contributed by atoms with van der Waals surface area (Å²) in [7, 11) is 0. The lowest BCUT2D eigenvalue weighted by molar-refractivity contribution is 0.0343. The van der Waals surface area contributed by atoms with Crippen LogP contribution in [0.3, 0.4) is 0 Å². The number of benzene rings is 1. The minimum absolute atomic E-state index is 0.533. The SMILES string of the molecule is CCC(CNC(C)CN1CCOCC1)c1ccccc1. The van der Waals surface area contributed by atoms with E-state index in [9.17, 15) is 0 Å². The molecule has 0 aliphatic carbocycles. The molecule has 1 aromatic carbocycles. The summed E-state index contributed by atoms with van der Waals surface area (Å²) in [5, 5.41) is 3.70. The van der Waals surface area contributed by atoms with Crippen LogP contribution in [0.25, 0.3) is 0 Å². The number of ether oxygens (including phenoxy) is 1. The van der Waals surface area contributed by atoms with E-state index in [0.29, 0.717) is 12.0 Å². The Labute approximate surface area is 123 Å². The van der Waals surface area contributed by atoms with Gasteiger partial charge in [0.15, 0.2) is 0 Å². The Hall–Kier alpha value is -0.900. The molecule has 0 radical (unpaired) electrons. The third kappa shape index (κ3) is 4.89. The van der Waals surface area contributed by atoms with Crippen molar-refractivity contribution in [1.29, 1.82) is 0 Å². The molecule has 2 rings (SSSR count). The molecule has 1 heterocycles. The van der Waals surface area contributed by atoms with Crippen LogP contribution in [0.1, 0.15) is 31.7 Å². The van der Waals surface area contributed by atoms with Crippen LogP contribution in [-0.2, 0) is 4.74 Å². The summed E-state index contributed by atoms with van der Waals surface area (Å²) in [5.41, 5.74) is 1.45. The zero-order chi connectivity index (χ0) is 14.2. The van der Waals surface area contributed by atoms with Crippen LogP contribution in [-0.4, -0.2) is 50.3 Å². The monoisotopic (exact) mass is 276 g/mol. The predicted octanol–water partition coefficient (Wildman–Crippen LogP) is 2.49. The molecule has 1 saturated heterocycles. The fraction of sp³-hybridized carbons (Fsp3) is 0.647. The Morgan fingerprint density at radius 2 is 1.90 bits per heavy atom. The molecule has 1 aliphatic heterocycles. The second-order valence-corrected chi connectivity index (χ2v) is 5.74. The van der Waals surface area contributed by atoms with E-state index >= 15 is 0 Å². The highest BCUT2D eigenvalue weighted by Gasteiger charge is 2.15. The number of hydrogen-bond acceptors (Lipinski definition) is 3. The molecule has 0 saturated carbocycles. The maximum atomic E-state index is 5.39. The summed E-state index contributed by atoms with van der Waals surface area (Å²) in [6, 6.07) is 11.4. The van der Waals surface area contributed by atoms with Gasteiger partial charge in [0.1, 0.15) is 0 Å². The largest absolute Gasteiger partial charge is 0.379 e. The van der Waals surface area contributed by atoms with Gasteiger partial charge in [0, 0.05) is 32.2 Å². The Morgan fingerprint density at radius 1 is 1.20 bits per heavy atom. The maximum Gasteiger partial charge on any atom is 0.0594 e. The number of nitrogens with one attached hydrogen (secondary N) is 1. The molecule has 1 aromatic rings. The van der Waals surface area contributed by atoms with Gasteiger partial charge in [-0.2, -0.15) is 0 Å². The van der Waals surface area contributed by atoms with Crippen molar-refractivity contribution in [3.63, 3.8) is 0 Å². The van der Waals surface area contributed by atoms with E-state index in [-0.39, 0.29) is 0 Å². The summed E-state index contributed by atoms with van der Waals surface area (Å²) < 4.78 is 5.39. The van der Waals surface area contributed by atoms with Gasteiger partial charge in [0.25, 0.3) is 0 Å². The van der Waals surface area contributed by atoms with E-state index in [1.165, 1.54) is 12.0 Å². The van der Waals surface area contributed by atoms with E-state index in [1.807, 2.05) is 0 Å². The van der Waals surface area contributed by atoms with Gasteiger partial charge < -0.3 is 10.1 Å². The first-order chi connectivity index (χ1) is 9.79. The summed E-state index contributed by atoms with van der Waals surface area (Å²) in [6.07, 6.45) is 1.18. The number of rotatable bonds is 7. The normalized spacial score (nSPS) is 19.7. The van der Waals surface area contributed by atoms with Gasteiger partial charge >= 0.3 is 0 Å². The fourth-order valence-electron chi connectivity index (χ4n) is 2.80. The van der Waals surface area contributed by atoms with Gasteiger partial charge in [-0.3, -0.25) is 4.90 Å². The van der Waals surface area contributed by atoms with Gasteiger partial charge in [0.2, 0.25) is 0 Å². The van der Waals surface area contributed by atoms with E-state index in [2.05, 4.69) is 54.4 Å². The lowest BCUT2D eigenvalue weighted by Gasteiger charge is -2.30. The minimum atomic E-state index is 0.533. The summed E-state index contributed by atoms with van der Waals surface area (Å²) in [6.45, 7) is 10.6. The summed E-state index contributed by atoms with van der Waals surface area (Å²) in [4.78, 5) is 2.49. The van der Waals surface area contributed by atoms with Crippen LogP contribution in [0.2, 0.25) is 0 Å². The zero-order valence-electron chi connectivity index (χ0n) is 12.8. The van der Waals surface area contributed by atoms with Crippen molar-refractivity contribution in [2.45, 2.75) is 32.2 Å². The Morgan fingerprint density at radius 3 is 2.55 bits per heavy atom. The van der Waals surface area contributed by atoms with Crippen molar-refractivity contribution in [2.75, 3.05) is 39.4 Å². The van der Waals surface area contributed by atoms with Crippen LogP contribution in [0.4, 0.5) is 0 Å². The van der Waals surface area contributed by atoms with E-state index in [1.54, 1.807) is 0 Å². The molecule has 0 spiro atoms. The average molecular weight is 276 g/mol. The van der Waals surface area contributed by atoms with Crippen molar-refractivity contribution in [3.8, 4) is 0 Å². The highest BCUT2D eigenvalue weighted by molar-refractivity contribution is 5.19. The van der Waals surface area contributed by atoms with E-state index < -0.39 is 0 Å². The minimum Gasteiger partial charge on any atom is -0.379 e. The standard InChI is InChI=1S/C17H28N2O/c1-3-16(17-7-5-4-6-8-17)13-18-15(2)14-19-9-11-20-12-10-19/h4-8,15-16,18H,3,9-14H2,1-2H3. The molecule has 1 fully saturated rings. The topological polar surface area (TPSA) is 24.5 Å². The molecule has 2 atom stereocenters. The van der Waals surface area contributed by atoms with Gasteiger partial charge in [-0.1, -0.05) is 37.3 Å². The van der Waals surface area contributed by atoms with Crippen molar-refractivity contribution in [2.24, 2.45) is 0 Å². The van der Waals surface area contributed by atoms with Crippen molar-refractivity contribution < 1.29 is 4.74 Å². The third-order valence-electron chi connectivity index (χ3n) is 4.11. The van der Waals surface area contributed by atoms with Gasteiger partial charge in [-0.25, -0.2) is 0 Å². The van der Waals surface area contributed by atoms with Crippen molar-refractivity contribution in [3.05, 3.63) is 35.9 Å². The van der Waals surface area contributed by atoms with Crippen molar-refractivity contribution in [1.82, 2.24) is 10.2 Å². The number of hydrogen-bond donors (Lipinski definition) is 1. The molecule has 0 bridgehead atoms. The summed E-state index contributed by atoms with van der Waals surface area (Å²) >= 11 is 0. The van der Waals surface area contributed by atoms with Crippen molar-refractivity contribution >= 4 is 0 Å². The lowest BCUT2D eigenvalue weighted by atomic mass is 9.96. The molecule has 112 valence electrons. The molecular weight excluding hydrogens is 248 g/mol. The first-order valence-electron chi connectivity index (χ1n) is 7.88. The molecule has 20 heavy (non-hydrogen) atoms. The highest BCUT2D eigenvalue weighted by atomic mass is 16.5. The predicted molar refractivity (Wildman–Crippen MR) is 84.2 cm³/mol. The van der Waals surface area contributed by atoms with E-state index in [0.717, 1.165) is 39.4 Å². The van der Waals surface area contributed by atoms with E-state index in [4.69, 9.17) is 4.74 Å². The zero-order valence-corrected chi connectivity index (χ0v) is 12.8. The number of nitrogens with zero attached hydrogens (tertiary/aromatic N) is 1. The first-order valence-corrected chi connectivity index (χ1v) is 7.88. The Kier molecular flexibility index (Phi) is 6.51. The van der Waals surface area contributed by atoms with Crippen LogP contribution in [0.15, 0.2) is 30.3 Å². The highest BCUT2D eigenvalue weighted by Crippen LogP contribution is 2.18. The average Bonchev–Trinajstić information content (AvgIpc) is 2.50. The maximum absolute atomic E-state index is 5.39. The van der Waals surface area contributed by atoms with Crippen LogP contribution >= 0.6 is 0 Å². The third-order valence-corrected chi connectivity index (χ3v) is 4.11. The molecule has 0 aromatic heterocycles. The quantitative estimate of drug-likeness (QED) is 0.828. The molecular formula is C17H28N2O. The van der Waals surface area contributed by atoms with Gasteiger partial charge in [-0.05, 0) is 24.8 Å². The van der Waals surface area contributed by atoms with Crippen LogP contribution in [0, 0.1) is 0 Å². The molecule has 3 heteroatoms. The number of morpholine rings is 1. The smallest absolute Gasteiger partial charge is 0.0594 e. The summed E-state index contributed by atoms with van der Waals surface area (Å²) in [5.74, 6) is 0.614. The molecule has 1 N–H and O–H groups in total. The molecule has 2 unspecified atom stereocenters. The van der Waals surface area contributed by atoms with Crippen LogP contribution in [0.5, 0.6) is 0 Å². The van der Waals surface area contributed by atoms with Crippen LogP contribution < -0.4 is 5.32 Å². The Bertz CT molecular complexity index is 363. The van der Waals surface area contributed by atoms with Gasteiger partial charge in [0.05, 0.1) is 13.2 Å². The second kappa shape index (κ2) is 8.40. The Balaban J connectivity index is 1.75. The lowest BCUT2D eigenvalue weighted by Crippen LogP contribution is -2.45. The first kappa shape index (κ1) is 15.5. The molecule has 3 nitrogen and oxygen atoms in total. The van der Waals surface area contributed by atoms with Gasteiger partial charge in [-0.15, -0.1) is 0 Å². The second-order valence-electron chi connectivity index (χ2n) is 5.74. The fourth-order valence-corrected chi connectivity index (χ4v) is 2.80. The molecule has 0 amide bonds.